The van der Waals surface area contributed by atoms with Crippen LogP contribution in [0.3, 0.4) is 0 Å². The minimum absolute atomic E-state index is 0.149. The molecular weight excluding hydrogens is 242 g/mol. The largest absolute Gasteiger partial charge is 0.311 e. The zero-order valence-corrected chi connectivity index (χ0v) is 13.0. The lowest BCUT2D eigenvalue weighted by Gasteiger charge is -2.27. The van der Waals surface area contributed by atoms with Gasteiger partial charge in [0.25, 0.3) is 0 Å². The van der Waals surface area contributed by atoms with E-state index in [1.807, 2.05) is 12.1 Å². The molecule has 1 nitrogen and oxygen atoms in total. The molecule has 0 aliphatic heterocycles. The van der Waals surface area contributed by atoms with Crippen molar-refractivity contribution in [3.05, 3.63) is 34.9 Å². The van der Waals surface area contributed by atoms with Gasteiger partial charge in [-0.25, -0.2) is 0 Å². The maximum atomic E-state index is 6.32. The molecule has 18 heavy (non-hydrogen) atoms. The van der Waals surface area contributed by atoms with Crippen molar-refractivity contribution in [2.75, 3.05) is 6.54 Å². The van der Waals surface area contributed by atoms with Gasteiger partial charge in [0.2, 0.25) is 0 Å². The minimum Gasteiger partial charge on any atom is -0.311 e. The highest BCUT2D eigenvalue weighted by molar-refractivity contribution is 6.31. The van der Waals surface area contributed by atoms with Crippen LogP contribution < -0.4 is 5.32 Å². The number of benzene rings is 1. The van der Waals surface area contributed by atoms with Crippen LogP contribution in [-0.2, 0) is 0 Å². The van der Waals surface area contributed by atoms with Crippen molar-refractivity contribution in [2.24, 2.45) is 5.92 Å². The van der Waals surface area contributed by atoms with Gasteiger partial charge in [-0.05, 0) is 50.7 Å². The Bertz CT molecular complexity index is 366. The molecule has 0 aromatic heterocycles. The number of rotatable bonds is 5. The van der Waals surface area contributed by atoms with Crippen LogP contribution in [0, 0.1) is 5.92 Å². The molecule has 0 saturated heterocycles. The van der Waals surface area contributed by atoms with Gasteiger partial charge < -0.3 is 5.32 Å². The fraction of sp³-hybridized carbons (Fsp3) is 0.625. The summed E-state index contributed by atoms with van der Waals surface area (Å²) in [5.74, 6) is 1.16. The van der Waals surface area contributed by atoms with E-state index in [0.717, 1.165) is 18.0 Å². The third kappa shape index (κ3) is 5.41. The SMILES string of the molecule is CC(C)CC(CNC(C)(C)C)c1ccccc1Cl. The summed E-state index contributed by atoms with van der Waals surface area (Å²) in [5, 5.41) is 4.48. The molecule has 1 aromatic carbocycles. The monoisotopic (exact) mass is 267 g/mol. The van der Waals surface area contributed by atoms with Gasteiger partial charge in [-0.2, -0.15) is 0 Å². The first-order chi connectivity index (χ1) is 8.29. The molecule has 0 aliphatic rings. The van der Waals surface area contributed by atoms with E-state index in [9.17, 15) is 0 Å². The van der Waals surface area contributed by atoms with Crippen molar-refractivity contribution in [1.82, 2.24) is 5.32 Å². The Hall–Kier alpha value is -0.530. The second kappa shape index (κ2) is 6.58. The molecular formula is C16H26ClN. The van der Waals surface area contributed by atoms with E-state index in [4.69, 9.17) is 11.6 Å². The highest BCUT2D eigenvalue weighted by Gasteiger charge is 2.18. The molecule has 0 aliphatic carbocycles. The third-order valence-electron chi connectivity index (χ3n) is 2.98. The minimum atomic E-state index is 0.149. The van der Waals surface area contributed by atoms with Crippen LogP contribution in [-0.4, -0.2) is 12.1 Å². The second-order valence-electron chi connectivity index (χ2n) is 6.48. The van der Waals surface area contributed by atoms with Crippen molar-refractivity contribution in [3.8, 4) is 0 Å². The molecule has 0 bridgehead atoms. The summed E-state index contributed by atoms with van der Waals surface area (Å²) < 4.78 is 0. The third-order valence-corrected chi connectivity index (χ3v) is 3.32. The quantitative estimate of drug-likeness (QED) is 0.804. The number of halogens is 1. The lowest BCUT2D eigenvalue weighted by atomic mass is 9.89. The van der Waals surface area contributed by atoms with E-state index in [-0.39, 0.29) is 5.54 Å². The van der Waals surface area contributed by atoms with Crippen molar-refractivity contribution < 1.29 is 0 Å². The van der Waals surface area contributed by atoms with Crippen LogP contribution in [0.15, 0.2) is 24.3 Å². The summed E-state index contributed by atoms with van der Waals surface area (Å²) in [6.45, 7) is 12.1. The van der Waals surface area contributed by atoms with E-state index in [2.05, 4.69) is 52.1 Å². The van der Waals surface area contributed by atoms with Gasteiger partial charge in [0.1, 0.15) is 0 Å². The van der Waals surface area contributed by atoms with Crippen LogP contribution in [0.5, 0.6) is 0 Å². The maximum Gasteiger partial charge on any atom is 0.0441 e. The Labute approximate surface area is 117 Å². The van der Waals surface area contributed by atoms with Crippen LogP contribution >= 0.6 is 11.6 Å². The Balaban J connectivity index is 2.82. The molecule has 2 heteroatoms. The topological polar surface area (TPSA) is 12.0 Å². The summed E-state index contributed by atoms with van der Waals surface area (Å²) in [6, 6.07) is 8.21. The first-order valence-corrected chi connectivity index (χ1v) is 7.17. The molecule has 0 amide bonds. The predicted octanol–water partition coefficient (Wildman–Crippen LogP) is 4.86. The molecule has 1 unspecified atom stereocenters. The average molecular weight is 268 g/mol. The molecule has 0 saturated carbocycles. The molecule has 1 rings (SSSR count). The maximum absolute atomic E-state index is 6.32. The molecule has 0 radical (unpaired) electrons. The van der Waals surface area contributed by atoms with Gasteiger partial charge in [0, 0.05) is 17.1 Å². The molecule has 102 valence electrons. The molecule has 0 fully saturated rings. The van der Waals surface area contributed by atoms with E-state index >= 15 is 0 Å². The lowest BCUT2D eigenvalue weighted by molar-refractivity contribution is 0.382. The van der Waals surface area contributed by atoms with E-state index in [1.165, 1.54) is 5.56 Å². The van der Waals surface area contributed by atoms with Crippen LogP contribution in [0.25, 0.3) is 0 Å². The van der Waals surface area contributed by atoms with Gasteiger partial charge >= 0.3 is 0 Å². The van der Waals surface area contributed by atoms with E-state index in [0.29, 0.717) is 11.8 Å². The predicted molar refractivity (Wildman–Crippen MR) is 81.4 cm³/mol. The van der Waals surface area contributed by atoms with E-state index in [1.54, 1.807) is 0 Å². The average Bonchev–Trinajstić information content (AvgIpc) is 2.23. The molecule has 0 spiro atoms. The summed E-state index contributed by atoms with van der Waals surface area (Å²) in [5.41, 5.74) is 1.42. The fourth-order valence-corrected chi connectivity index (χ4v) is 2.41. The fourth-order valence-electron chi connectivity index (χ4n) is 2.12. The summed E-state index contributed by atoms with van der Waals surface area (Å²) in [4.78, 5) is 0. The van der Waals surface area contributed by atoms with Crippen LogP contribution in [0.2, 0.25) is 5.02 Å². The first kappa shape index (κ1) is 15.5. The highest BCUT2D eigenvalue weighted by Crippen LogP contribution is 2.29. The smallest absolute Gasteiger partial charge is 0.0441 e. The summed E-state index contributed by atoms with van der Waals surface area (Å²) in [6.07, 6.45) is 1.16. The van der Waals surface area contributed by atoms with E-state index < -0.39 is 0 Å². The Kier molecular flexibility index (Phi) is 5.68. The number of hydrogen-bond acceptors (Lipinski definition) is 1. The first-order valence-electron chi connectivity index (χ1n) is 6.79. The number of hydrogen-bond donors (Lipinski definition) is 1. The standard InChI is InChI=1S/C16H26ClN/c1-12(2)10-13(11-18-16(3,4)5)14-8-6-7-9-15(14)17/h6-9,12-13,18H,10-11H2,1-5H3. The Morgan fingerprint density at radius 3 is 2.28 bits per heavy atom. The van der Waals surface area contributed by atoms with Crippen LogP contribution in [0.1, 0.15) is 52.5 Å². The molecule has 0 heterocycles. The highest BCUT2D eigenvalue weighted by atomic mass is 35.5. The van der Waals surface area contributed by atoms with Crippen molar-refractivity contribution in [1.29, 1.82) is 0 Å². The number of nitrogens with one attached hydrogen (secondary N) is 1. The lowest BCUT2D eigenvalue weighted by Crippen LogP contribution is -2.38. The zero-order chi connectivity index (χ0) is 13.8. The van der Waals surface area contributed by atoms with Gasteiger partial charge in [-0.1, -0.05) is 43.6 Å². The molecule has 1 aromatic rings. The van der Waals surface area contributed by atoms with Crippen molar-refractivity contribution in [3.63, 3.8) is 0 Å². The van der Waals surface area contributed by atoms with Gasteiger partial charge in [-0.3, -0.25) is 0 Å². The van der Waals surface area contributed by atoms with Gasteiger partial charge in [0.05, 0.1) is 0 Å². The Morgan fingerprint density at radius 2 is 1.78 bits per heavy atom. The van der Waals surface area contributed by atoms with Crippen molar-refractivity contribution in [2.45, 2.75) is 52.5 Å². The summed E-state index contributed by atoms with van der Waals surface area (Å²) >= 11 is 6.32. The Morgan fingerprint density at radius 1 is 1.17 bits per heavy atom. The van der Waals surface area contributed by atoms with Crippen molar-refractivity contribution >= 4 is 11.6 Å². The van der Waals surface area contributed by atoms with Crippen LogP contribution in [0.4, 0.5) is 0 Å². The summed E-state index contributed by atoms with van der Waals surface area (Å²) in [7, 11) is 0. The van der Waals surface area contributed by atoms with Gasteiger partial charge in [-0.15, -0.1) is 0 Å². The normalized spacial score (nSPS) is 13.9. The zero-order valence-electron chi connectivity index (χ0n) is 12.3. The van der Waals surface area contributed by atoms with Gasteiger partial charge in [0.15, 0.2) is 0 Å². The molecule has 1 atom stereocenters. The second-order valence-corrected chi connectivity index (χ2v) is 6.89. The molecule has 1 N–H and O–H groups in total.